The van der Waals surface area contributed by atoms with Crippen LogP contribution in [0.25, 0.3) is 0 Å². The van der Waals surface area contributed by atoms with Gasteiger partial charge in [-0.15, -0.1) is 0 Å². The number of nitrogens with two attached hydrogens (primary N) is 2. The summed E-state index contributed by atoms with van der Waals surface area (Å²) in [6.07, 6.45) is 3.12. The molecular formula is C12H23N3O2. The Balaban J connectivity index is 2.37. The fourth-order valence-corrected chi connectivity index (χ4v) is 2.24. The summed E-state index contributed by atoms with van der Waals surface area (Å²) in [6.45, 7) is 3.87. The van der Waals surface area contributed by atoms with E-state index in [1.807, 2.05) is 11.8 Å². The molecule has 1 heterocycles. The van der Waals surface area contributed by atoms with Crippen molar-refractivity contribution in [3.8, 4) is 0 Å². The minimum atomic E-state index is -0.242. The molecule has 0 aliphatic carbocycles. The molecule has 98 valence electrons. The first kappa shape index (κ1) is 14.0. The minimum absolute atomic E-state index is 0.0312. The normalized spacial score (nSPS) is 19.1. The summed E-state index contributed by atoms with van der Waals surface area (Å²) in [4.78, 5) is 24.9. The van der Waals surface area contributed by atoms with E-state index in [-0.39, 0.29) is 23.7 Å². The molecular weight excluding hydrogens is 218 g/mol. The second-order valence-corrected chi connectivity index (χ2v) is 4.83. The van der Waals surface area contributed by atoms with Crippen molar-refractivity contribution in [1.29, 1.82) is 0 Å². The maximum absolute atomic E-state index is 12.0. The van der Waals surface area contributed by atoms with Crippen LogP contribution < -0.4 is 11.5 Å². The van der Waals surface area contributed by atoms with Crippen LogP contribution in [0.15, 0.2) is 0 Å². The van der Waals surface area contributed by atoms with Gasteiger partial charge in [-0.2, -0.15) is 0 Å². The van der Waals surface area contributed by atoms with Gasteiger partial charge in [0.1, 0.15) is 0 Å². The zero-order valence-electron chi connectivity index (χ0n) is 10.5. The number of carbonyl (C=O) groups excluding carboxylic acids is 2. The van der Waals surface area contributed by atoms with E-state index in [1.165, 1.54) is 0 Å². The van der Waals surface area contributed by atoms with Crippen molar-refractivity contribution in [2.24, 2.45) is 23.3 Å². The van der Waals surface area contributed by atoms with Crippen LogP contribution in [0.4, 0.5) is 0 Å². The molecule has 1 unspecified atom stereocenters. The van der Waals surface area contributed by atoms with Crippen LogP contribution in [0, 0.1) is 11.8 Å². The van der Waals surface area contributed by atoms with E-state index < -0.39 is 0 Å². The van der Waals surface area contributed by atoms with E-state index in [4.69, 9.17) is 11.5 Å². The summed E-state index contributed by atoms with van der Waals surface area (Å²) < 4.78 is 0. The van der Waals surface area contributed by atoms with Gasteiger partial charge >= 0.3 is 0 Å². The number of hydrogen-bond donors (Lipinski definition) is 2. The highest BCUT2D eigenvalue weighted by atomic mass is 16.2. The molecule has 0 radical (unpaired) electrons. The number of likely N-dealkylation sites (tertiary alicyclic amines) is 1. The maximum Gasteiger partial charge on any atom is 0.225 e. The van der Waals surface area contributed by atoms with E-state index in [0.29, 0.717) is 32.5 Å². The Labute approximate surface area is 103 Å². The summed E-state index contributed by atoms with van der Waals surface area (Å²) in [5, 5.41) is 0. The van der Waals surface area contributed by atoms with Crippen molar-refractivity contribution in [1.82, 2.24) is 4.90 Å². The molecule has 2 amide bonds. The predicted octanol–water partition coefficient (Wildman–Crippen LogP) is 0.0853. The summed E-state index contributed by atoms with van der Waals surface area (Å²) in [7, 11) is 0. The van der Waals surface area contributed by atoms with Gasteiger partial charge in [-0.25, -0.2) is 0 Å². The quantitative estimate of drug-likeness (QED) is 0.714. The van der Waals surface area contributed by atoms with Gasteiger partial charge in [0, 0.05) is 24.9 Å². The lowest BCUT2D eigenvalue weighted by atomic mass is 9.94. The van der Waals surface area contributed by atoms with E-state index in [0.717, 1.165) is 12.8 Å². The number of nitrogens with zero attached hydrogens (tertiary/aromatic N) is 1. The van der Waals surface area contributed by atoms with Crippen molar-refractivity contribution >= 4 is 11.8 Å². The van der Waals surface area contributed by atoms with E-state index in [1.54, 1.807) is 0 Å². The monoisotopic (exact) mass is 241 g/mol. The average molecular weight is 241 g/mol. The van der Waals surface area contributed by atoms with Crippen LogP contribution in [0.1, 0.15) is 32.6 Å². The molecule has 0 saturated carbocycles. The predicted molar refractivity (Wildman–Crippen MR) is 66.0 cm³/mol. The van der Waals surface area contributed by atoms with Crippen LogP contribution in [0.2, 0.25) is 0 Å². The molecule has 4 N–H and O–H groups in total. The Hall–Kier alpha value is -1.10. The second-order valence-electron chi connectivity index (χ2n) is 4.83. The summed E-state index contributed by atoms with van der Waals surface area (Å²) in [6, 6.07) is 0. The van der Waals surface area contributed by atoms with Gasteiger partial charge in [0.2, 0.25) is 11.8 Å². The molecule has 0 spiro atoms. The van der Waals surface area contributed by atoms with Crippen LogP contribution in [-0.4, -0.2) is 36.3 Å². The lowest BCUT2D eigenvalue weighted by Crippen LogP contribution is -2.43. The first-order valence-corrected chi connectivity index (χ1v) is 6.34. The molecule has 5 nitrogen and oxygen atoms in total. The lowest BCUT2D eigenvalue weighted by molar-refractivity contribution is -0.138. The number of hydrogen-bond acceptors (Lipinski definition) is 3. The molecule has 0 aromatic heterocycles. The zero-order chi connectivity index (χ0) is 12.8. The minimum Gasteiger partial charge on any atom is -0.369 e. The fourth-order valence-electron chi connectivity index (χ4n) is 2.24. The van der Waals surface area contributed by atoms with E-state index in [2.05, 4.69) is 0 Å². The fraction of sp³-hybridized carbons (Fsp3) is 0.833. The molecule has 1 aliphatic heterocycles. The van der Waals surface area contributed by atoms with Crippen molar-refractivity contribution in [2.45, 2.75) is 32.6 Å². The third-order valence-electron chi connectivity index (χ3n) is 3.47. The van der Waals surface area contributed by atoms with Crippen LogP contribution in [-0.2, 0) is 9.59 Å². The van der Waals surface area contributed by atoms with Gasteiger partial charge in [0.25, 0.3) is 0 Å². The van der Waals surface area contributed by atoms with Crippen molar-refractivity contribution in [3.63, 3.8) is 0 Å². The number of piperidine rings is 1. The zero-order valence-corrected chi connectivity index (χ0v) is 10.5. The molecule has 17 heavy (non-hydrogen) atoms. The van der Waals surface area contributed by atoms with Gasteiger partial charge in [0.05, 0.1) is 0 Å². The number of rotatable bonds is 5. The Morgan fingerprint density at radius 1 is 1.35 bits per heavy atom. The first-order valence-electron chi connectivity index (χ1n) is 6.34. The lowest BCUT2D eigenvalue weighted by Gasteiger charge is -2.32. The summed E-state index contributed by atoms with van der Waals surface area (Å²) >= 11 is 0. The summed E-state index contributed by atoms with van der Waals surface area (Å²) in [5.74, 6) is -0.0864. The Morgan fingerprint density at radius 3 is 2.41 bits per heavy atom. The largest absolute Gasteiger partial charge is 0.369 e. The Morgan fingerprint density at radius 2 is 1.94 bits per heavy atom. The van der Waals surface area contributed by atoms with Crippen LogP contribution >= 0.6 is 0 Å². The SMILES string of the molecule is CC(CCCN)C(=O)N1CCC(C(N)=O)CC1. The molecule has 1 rings (SSSR count). The third kappa shape index (κ3) is 4.00. The Kier molecular flexibility index (Phi) is 5.41. The van der Waals surface area contributed by atoms with Gasteiger partial charge in [-0.05, 0) is 32.2 Å². The van der Waals surface area contributed by atoms with Crippen LogP contribution in [0.5, 0.6) is 0 Å². The maximum atomic E-state index is 12.0. The smallest absolute Gasteiger partial charge is 0.225 e. The molecule has 0 aromatic rings. The van der Waals surface area contributed by atoms with Crippen LogP contribution in [0.3, 0.4) is 0 Å². The van der Waals surface area contributed by atoms with Crippen molar-refractivity contribution < 1.29 is 9.59 Å². The second kappa shape index (κ2) is 6.59. The van der Waals surface area contributed by atoms with Gasteiger partial charge in [-0.3, -0.25) is 9.59 Å². The number of amides is 2. The highest BCUT2D eigenvalue weighted by Gasteiger charge is 2.27. The molecule has 0 bridgehead atoms. The molecule has 1 fully saturated rings. The molecule has 1 aliphatic rings. The standard InChI is InChI=1S/C12H23N3O2/c1-9(3-2-6-13)12(17)15-7-4-10(5-8-15)11(14)16/h9-10H,2-8,13H2,1H3,(H2,14,16). The number of primary amides is 1. The van der Waals surface area contributed by atoms with E-state index in [9.17, 15) is 9.59 Å². The first-order chi connectivity index (χ1) is 8.06. The van der Waals surface area contributed by atoms with Gasteiger partial charge in [-0.1, -0.05) is 6.92 Å². The third-order valence-corrected chi connectivity index (χ3v) is 3.47. The molecule has 0 aromatic carbocycles. The molecule has 1 atom stereocenters. The topological polar surface area (TPSA) is 89.4 Å². The Bertz CT molecular complexity index is 273. The average Bonchev–Trinajstić information content (AvgIpc) is 2.35. The number of carbonyl (C=O) groups is 2. The highest BCUT2D eigenvalue weighted by molar-refractivity contribution is 5.80. The van der Waals surface area contributed by atoms with Gasteiger partial charge in [0.15, 0.2) is 0 Å². The molecule has 5 heteroatoms. The van der Waals surface area contributed by atoms with E-state index >= 15 is 0 Å². The summed E-state index contributed by atoms with van der Waals surface area (Å²) in [5.41, 5.74) is 10.7. The molecule has 1 saturated heterocycles. The van der Waals surface area contributed by atoms with Crippen molar-refractivity contribution in [2.75, 3.05) is 19.6 Å². The highest BCUT2D eigenvalue weighted by Crippen LogP contribution is 2.19. The van der Waals surface area contributed by atoms with Gasteiger partial charge < -0.3 is 16.4 Å². The van der Waals surface area contributed by atoms with Crippen molar-refractivity contribution in [3.05, 3.63) is 0 Å².